The molecule has 1 aromatic carbocycles. The predicted octanol–water partition coefficient (Wildman–Crippen LogP) is 4.39. The zero-order chi connectivity index (χ0) is 23.1. The molecule has 0 saturated carbocycles. The number of anilines is 1. The number of ether oxygens (including phenoxy) is 1. The lowest BCUT2D eigenvalue weighted by atomic mass is 10.1. The van der Waals surface area contributed by atoms with Crippen LogP contribution in [0.25, 0.3) is 0 Å². The topological polar surface area (TPSA) is 44.9 Å². The fourth-order valence-electron chi connectivity index (χ4n) is 4.68. The largest absolute Gasteiger partial charge is 0.468 e. The predicted molar refractivity (Wildman–Crippen MR) is 138 cm³/mol. The Labute approximate surface area is 194 Å². The summed E-state index contributed by atoms with van der Waals surface area (Å²) in [5, 5.41) is 2.86. The van der Waals surface area contributed by atoms with Crippen LogP contribution in [0.1, 0.15) is 40.0 Å². The summed E-state index contributed by atoms with van der Waals surface area (Å²) in [7, 11) is -1.87. The van der Waals surface area contributed by atoms with E-state index in [1.54, 1.807) is 0 Å². The fraction of sp³-hybridized carbons (Fsp3) is 0.500. The summed E-state index contributed by atoms with van der Waals surface area (Å²) in [6, 6.07) is 6.83. The molecule has 1 aromatic rings. The Bertz CT molecular complexity index is 956. The second kappa shape index (κ2) is 10.9. The number of hydrogen-bond acceptors (Lipinski definition) is 4. The summed E-state index contributed by atoms with van der Waals surface area (Å²) < 4.78 is 7.25. The summed E-state index contributed by atoms with van der Waals surface area (Å²) >= 11 is 0. The van der Waals surface area contributed by atoms with Gasteiger partial charge in [-0.3, -0.25) is 4.79 Å². The minimum Gasteiger partial charge on any atom is -0.468 e. The van der Waals surface area contributed by atoms with Gasteiger partial charge >= 0.3 is 0 Å². The van der Waals surface area contributed by atoms with E-state index in [0.717, 1.165) is 56.8 Å². The van der Waals surface area contributed by atoms with E-state index in [9.17, 15) is 4.79 Å². The van der Waals surface area contributed by atoms with Crippen molar-refractivity contribution in [2.75, 3.05) is 37.7 Å². The van der Waals surface area contributed by atoms with Crippen molar-refractivity contribution in [1.82, 2.24) is 0 Å². The van der Waals surface area contributed by atoms with Gasteiger partial charge in [0.15, 0.2) is 5.71 Å². The molecule has 5 nitrogen and oxygen atoms in total. The minimum absolute atomic E-state index is 0.519. The van der Waals surface area contributed by atoms with Gasteiger partial charge < -0.3 is 9.64 Å². The first-order valence-corrected chi connectivity index (χ1v) is 15.0. The zero-order valence-electron chi connectivity index (χ0n) is 20.4. The highest BCUT2D eigenvalue weighted by molar-refractivity contribution is 7.01. The molecule has 0 bridgehead atoms. The maximum atomic E-state index is 10.3. The summed E-state index contributed by atoms with van der Waals surface area (Å²) in [4.78, 5) is 17.7. The van der Waals surface area contributed by atoms with Crippen molar-refractivity contribution < 1.29 is 14.1 Å². The molecule has 1 heterocycles. The van der Waals surface area contributed by atoms with E-state index in [0.29, 0.717) is 13.1 Å². The van der Waals surface area contributed by atoms with Crippen molar-refractivity contribution in [1.29, 1.82) is 0 Å². The van der Waals surface area contributed by atoms with Crippen LogP contribution in [0.15, 0.2) is 46.6 Å². The Morgan fingerprint density at radius 3 is 2.56 bits per heavy atom. The lowest BCUT2D eigenvalue weighted by molar-refractivity contribution is -0.523. The molecule has 172 valence electrons. The molecule has 0 spiro atoms. The molecule has 0 amide bonds. The average molecular weight is 453 g/mol. The molecule has 0 atom stereocenters. The van der Waals surface area contributed by atoms with Crippen LogP contribution in [0.3, 0.4) is 0 Å². The van der Waals surface area contributed by atoms with Crippen LogP contribution in [0, 0.1) is 0 Å². The number of allylic oxidation sites excluding steroid dienone is 4. The van der Waals surface area contributed by atoms with Gasteiger partial charge in [-0.2, -0.15) is 0 Å². The van der Waals surface area contributed by atoms with Gasteiger partial charge in [0, 0.05) is 37.3 Å². The summed E-state index contributed by atoms with van der Waals surface area (Å²) in [6.45, 7) is 16.6. The Balaban J connectivity index is 1.88. The number of benzene rings is 1. The number of nitrogens with zero attached hydrogens (tertiary/aromatic N) is 3. The molecular weight excluding hydrogens is 414 g/mol. The fourth-order valence-corrected chi connectivity index (χ4v) is 7.55. The number of aliphatic imine (C=N–C) groups is 1. The number of carbonyl (C=O) groups is 1. The van der Waals surface area contributed by atoms with Crippen LogP contribution >= 0.6 is 0 Å². The van der Waals surface area contributed by atoms with Crippen LogP contribution in [-0.2, 0) is 9.53 Å². The van der Waals surface area contributed by atoms with E-state index < -0.39 is 8.07 Å². The van der Waals surface area contributed by atoms with Crippen molar-refractivity contribution in [2.24, 2.45) is 4.99 Å². The molecule has 0 unspecified atom stereocenters. The number of fused-ring (bicyclic) bond motifs is 2. The maximum Gasteiger partial charge on any atom is 0.293 e. The van der Waals surface area contributed by atoms with Crippen LogP contribution < -0.4 is 10.1 Å². The molecule has 0 radical (unpaired) electrons. The summed E-state index contributed by atoms with van der Waals surface area (Å²) in [5.74, 6) is 0. The number of unbranched alkanes of at least 4 members (excludes halogenated alkanes) is 2. The SMILES string of the molecule is CCN(CC)c1ccc2c(c1)[Si](C)(C)C1=CC(=[N+](CC)CCCCCOC=O)C=CC1=N2. The molecule has 1 aliphatic carbocycles. The second-order valence-electron chi connectivity index (χ2n) is 8.92. The Morgan fingerprint density at radius 1 is 1.09 bits per heavy atom. The van der Waals surface area contributed by atoms with Crippen molar-refractivity contribution in [3.05, 3.63) is 41.6 Å². The molecule has 0 aromatic heterocycles. The quantitative estimate of drug-likeness (QED) is 0.164. The lowest BCUT2D eigenvalue weighted by Crippen LogP contribution is -2.49. The highest BCUT2D eigenvalue weighted by Gasteiger charge is 2.38. The third kappa shape index (κ3) is 5.12. The van der Waals surface area contributed by atoms with Crippen LogP contribution in [0.4, 0.5) is 11.4 Å². The number of hydrogen-bond donors (Lipinski definition) is 0. The molecule has 3 rings (SSSR count). The van der Waals surface area contributed by atoms with E-state index in [-0.39, 0.29) is 0 Å². The van der Waals surface area contributed by atoms with E-state index in [1.165, 1.54) is 21.8 Å². The maximum absolute atomic E-state index is 10.3. The minimum atomic E-state index is -1.87. The van der Waals surface area contributed by atoms with Crippen LogP contribution in [0.2, 0.25) is 13.1 Å². The molecule has 2 aliphatic rings. The average Bonchev–Trinajstić information content (AvgIpc) is 2.80. The third-order valence-corrected chi connectivity index (χ3v) is 10.2. The Hall–Kier alpha value is -2.47. The van der Waals surface area contributed by atoms with Gasteiger partial charge in [0.1, 0.15) is 21.2 Å². The van der Waals surface area contributed by atoms with Crippen LogP contribution in [0.5, 0.6) is 0 Å². The van der Waals surface area contributed by atoms with Gasteiger partial charge in [-0.05, 0) is 68.3 Å². The molecule has 0 saturated heterocycles. The molecule has 0 fully saturated rings. The summed E-state index contributed by atoms with van der Waals surface area (Å²) in [6.07, 6.45) is 9.91. The third-order valence-electron chi connectivity index (χ3n) is 6.68. The summed E-state index contributed by atoms with van der Waals surface area (Å²) in [5.41, 5.74) is 4.87. The first-order valence-electron chi connectivity index (χ1n) is 12.0. The Kier molecular flexibility index (Phi) is 8.24. The van der Waals surface area contributed by atoms with Gasteiger partial charge in [0.25, 0.3) is 6.47 Å². The smallest absolute Gasteiger partial charge is 0.293 e. The van der Waals surface area contributed by atoms with Crippen molar-refractivity contribution in [3.8, 4) is 0 Å². The van der Waals surface area contributed by atoms with E-state index in [4.69, 9.17) is 9.73 Å². The highest BCUT2D eigenvalue weighted by atomic mass is 28.3. The van der Waals surface area contributed by atoms with Crippen molar-refractivity contribution >= 4 is 42.5 Å². The first kappa shape index (κ1) is 24.2. The van der Waals surface area contributed by atoms with Gasteiger partial charge in [-0.25, -0.2) is 9.57 Å². The Morgan fingerprint density at radius 2 is 1.88 bits per heavy atom. The van der Waals surface area contributed by atoms with Gasteiger partial charge in [-0.1, -0.05) is 13.1 Å². The monoisotopic (exact) mass is 452 g/mol. The first-order chi connectivity index (χ1) is 15.5. The lowest BCUT2D eigenvalue weighted by Gasteiger charge is -2.34. The van der Waals surface area contributed by atoms with Crippen molar-refractivity contribution in [2.45, 2.75) is 53.1 Å². The molecule has 32 heavy (non-hydrogen) atoms. The standard InChI is InChI=1S/C26H38N3O2Si/c1-6-28(7-2)21-12-14-23-25(18-21)32(4,5)26-19-22(13-15-24(26)27-23)29(8-3)16-10-9-11-17-31-20-30/h12-15,18-20H,6-11,16-17H2,1-5H3/q+1. The highest BCUT2D eigenvalue weighted by Crippen LogP contribution is 2.32. The van der Waals surface area contributed by atoms with Crippen molar-refractivity contribution in [3.63, 3.8) is 0 Å². The van der Waals surface area contributed by atoms with Gasteiger partial charge in [0.05, 0.1) is 18.0 Å². The zero-order valence-corrected chi connectivity index (χ0v) is 21.4. The number of rotatable bonds is 11. The van der Waals surface area contributed by atoms with Gasteiger partial charge in [0.2, 0.25) is 0 Å². The molecule has 1 aliphatic heterocycles. The van der Waals surface area contributed by atoms with E-state index in [2.05, 4.69) is 79.8 Å². The van der Waals surface area contributed by atoms with Crippen LogP contribution in [-0.4, -0.2) is 63.3 Å². The molecular formula is C26H38N3O2Si+. The second-order valence-corrected chi connectivity index (χ2v) is 13.2. The molecule has 6 heteroatoms. The molecule has 0 N–H and O–H groups in total. The normalized spacial score (nSPS) is 17.7. The van der Waals surface area contributed by atoms with E-state index >= 15 is 0 Å². The van der Waals surface area contributed by atoms with E-state index in [1.807, 2.05) is 0 Å². The number of carbonyl (C=O) groups excluding carboxylic acids is 1. The van der Waals surface area contributed by atoms with Gasteiger partial charge in [-0.15, -0.1) is 0 Å².